The van der Waals surface area contributed by atoms with Gasteiger partial charge in [0.25, 0.3) is 0 Å². The maximum absolute atomic E-state index is 14.3. The van der Waals surface area contributed by atoms with Gasteiger partial charge >= 0.3 is 6.36 Å². The summed E-state index contributed by atoms with van der Waals surface area (Å²) in [6.45, 7) is 2.13. The van der Waals surface area contributed by atoms with Crippen LogP contribution in [0, 0.1) is 23.5 Å². The van der Waals surface area contributed by atoms with E-state index >= 15 is 0 Å². The molecule has 2 aromatic carbocycles. The molecule has 0 aliphatic heterocycles. The number of hydrogen-bond donors (Lipinski definition) is 0. The number of ether oxygens (including phenoxy) is 1. The number of hydrogen-bond acceptors (Lipinski definition) is 1. The van der Waals surface area contributed by atoms with E-state index in [9.17, 15) is 22.0 Å². The van der Waals surface area contributed by atoms with Crippen molar-refractivity contribution >= 4 is 0 Å². The lowest BCUT2D eigenvalue weighted by Crippen LogP contribution is -2.35. The quantitative estimate of drug-likeness (QED) is 0.462. The molecule has 1 nitrogen and oxygen atoms in total. The molecule has 0 bridgehead atoms. The summed E-state index contributed by atoms with van der Waals surface area (Å²) in [5.74, 6) is -0.392. The first-order chi connectivity index (χ1) is 14.3. The minimum Gasteiger partial charge on any atom is -0.406 e. The summed E-state index contributed by atoms with van der Waals surface area (Å²) in [5.41, 5.74) is 2.39. The molecule has 0 amide bonds. The molecular weight excluding hydrogens is 399 g/mol. The van der Waals surface area contributed by atoms with Gasteiger partial charge in [0.2, 0.25) is 0 Å². The summed E-state index contributed by atoms with van der Waals surface area (Å²) in [6, 6.07) is 8.61. The Kier molecular flexibility index (Phi) is 5.78. The molecule has 0 unspecified atom stereocenters. The second-order valence-corrected chi connectivity index (χ2v) is 8.53. The van der Waals surface area contributed by atoms with Crippen LogP contribution in [0.2, 0.25) is 0 Å². The van der Waals surface area contributed by atoms with Gasteiger partial charge in [-0.1, -0.05) is 31.9 Å². The van der Waals surface area contributed by atoms with E-state index in [0.29, 0.717) is 17.9 Å². The molecule has 1 saturated carbocycles. The third kappa shape index (κ3) is 4.19. The molecule has 4 rings (SSSR count). The highest BCUT2D eigenvalue weighted by Gasteiger charge is 2.43. The fraction of sp³-hybridized carbons (Fsp3) is 0.500. The topological polar surface area (TPSA) is 9.23 Å². The molecule has 30 heavy (non-hydrogen) atoms. The average Bonchev–Trinajstić information content (AvgIpc) is 2.67. The summed E-state index contributed by atoms with van der Waals surface area (Å²) in [6.07, 6.45) is 0.518. The molecule has 0 N–H and O–H groups in total. The van der Waals surface area contributed by atoms with Crippen molar-refractivity contribution in [2.45, 2.75) is 63.6 Å². The zero-order valence-electron chi connectivity index (χ0n) is 16.8. The van der Waals surface area contributed by atoms with Gasteiger partial charge in [0.1, 0.15) is 17.4 Å². The molecule has 0 aromatic heterocycles. The molecule has 1 fully saturated rings. The zero-order chi connectivity index (χ0) is 21.5. The van der Waals surface area contributed by atoms with E-state index in [1.807, 2.05) is 0 Å². The first-order valence-electron chi connectivity index (χ1n) is 10.6. The van der Waals surface area contributed by atoms with Crippen LogP contribution < -0.4 is 4.74 Å². The van der Waals surface area contributed by atoms with E-state index in [-0.39, 0.29) is 23.5 Å². The molecule has 0 saturated heterocycles. The van der Waals surface area contributed by atoms with Crippen molar-refractivity contribution in [3.8, 4) is 5.75 Å². The normalized spacial score (nSPS) is 26.1. The van der Waals surface area contributed by atoms with Gasteiger partial charge in [0, 0.05) is 6.07 Å². The van der Waals surface area contributed by atoms with Crippen LogP contribution in [0.4, 0.5) is 22.0 Å². The van der Waals surface area contributed by atoms with Gasteiger partial charge in [0.05, 0.1) is 0 Å². The SMILES string of the molecule is CCC[C@@H]1CC[C@H]2c3cc(F)cc(F)c3CC[C@@H]2[C@H]1c1ccc(OC(F)(F)F)cc1. The Morgan fingerprint density at radius 1 is 1.00 bits per heavy atom. The molecule has 6 heteroatoms. The second kappa shape index (κ2) is 8.20. The van der Waals surface area contributed by atoms with Crippen molar-refractivity contribution in [1.29, 1.82) is 0 Å². The lowest BCUT2D eigenvalue weighted by molar-refractivity contribution is -0.274. The van der Waals surface area contributed by atoms with Crippen molar-refractivity contribution in [1.82, 2.24) is 0 Å². The highest BCUT2D eigenvalue weighted by molar-refractivity contribution is 5.39. The summed E-state index contributed by atoms with van der Waals surface area (Å²) >= 11 is 0. The number of halogens is 5. The second-order valence-electron chi connectivity index (χ2n) is 8.53. The number of benzene rings is 2. The first-order valence-corrected chi connectivity index (χ1v) is 10.6. The van der Waals surface area contributed by atoms with Gasteiger partial charge in [-0.05, 0) is 84.2 Å². The van der Waals surface area contributed by atoms with E-state index < -0.39 is 18.0 Å². The van der Waals surface area contributed by atoms with Gasteiger partial charge in [-0.3, -0.25) is 0 Å². The number of fused-ring (bicyclic) bond motifs is 3. The largest absolute Gasteiger partial charge is 0.573 e. The summed E-state index contributed by atoms with van der Waals surface area (Å²) in [4.78, 5) is 0. The Balaban J connectivity index is 1.67. The van der Waals surface area contributed by atoms with Crippen LogP contribution in [0.5, 0.6) is 5.75 Å². The third-order valence-corrected chi connectivity index (χ3v) is 6.81. The Hall–Kier alpha value is -2.11. The highest BCUT2D eigenvalue weighted by atomic mass is 19.4. The predicted molar refractivity (Wildman–Crippen MR) is 104 cm³/mol. The van der Waals surface area contributed by atoms with Gasteiger partial charge in [-0.15, -0.1) is 13.2 Å². The maximum atomic E-state index is 14.3. The van der Waals surface area contributed by atoms with E-state index in [0.717, 1.165) is 49.3 Å². The summed E-state index contributed by atoms with van der Waals surface area (Å²) in [5, 5.41) is 0. The van der Waals surface area contributed by atoms with Crippen molar-refractivity contribution in [3.63, 3.8) is 0 Å². The molecule has 0 radical (unpaired) electrons. The van der Waals surface area contributed by atoms with Crippen molar-refractivity contribution in [2.75, 3.05) is 0 Å². The maximum Gasteiger partial charge on any atom is 0.573 e. The van der Waals surface area contributed by atoms with Crippen LogP contribution >= 0.6 is 0 Å². The molecular formula is C24H25F5O. The fourth-order valence-corrected chi connectivity index (χ4v) is 5.79. The number of rotatable bonds is 4. The summed E-state index contributed by atoms with van der Waals surface area (Å²) in [7, 11) is 0. The Bertz CT molecular complexity index is 890. The minimum atomic E-state index is -4.72. The van der Waals surface area contributed by atoms with E-state index in [4.69, 9.17) is 0 Å². The first kappa shape index (κ1) is 21.1. The molecule has 2 aliphatic rings. The Morgan fingerprint density at radius 3 is 2.40 bits per heavy atom. The molecule has 162 valence electrons. The van der Waals surface area contributed by atoms with Crippen LogP contribution in [0.3, 0.4) is 0 Å². The predicted octanol–water partition coefficient (Wildman–Crippen LogP) is 7.50. The lowest BCUT2D eigenvalue weighted by Gasteiger charge is -2.47. The van der Waals surface area contributed by atoms with Crippen LogP contribution in [-0.2, 0) is 6.42 Å². The van der Waals surface area contributed by atoms with Crippen LogP contribution in [-0.4, -0.2) is 6.36 Å². The van der Waals surface area contributed by atoms with Crippen LogP contribution in [0.1, 0.15) is 67.6 Å². The lowest BCUT2D eigenvalue weighted by atomic mass is 9.57. The molecule has 0 spiro atoms. The van der Waals surface area contributed by atoms with E-state index in [2.05, 4.69) is 11.7 Å². The molecule has 4 atom stereocenters. The standard InChI is InChI=1S/C24H25F5O/c1-2-3-14-6-9-18-20(11-10-19-21(18)12-16(25)13-22(19)26)23(14)15-4-7-17(8-5-15)30-24(27,28)29/h4-5,7-8,12-14,18,20,23H,2-3,6,9-11H2,1H3/t14-,18-,20+,23-/m1/s1. The van der Waals surface area contributed by atoms with Gasteiger partial charge < -0.3 is 4.74 Å². The van der Waals surface area contributed by atoms with Gasteiger partial charge in [-0.25, -0.2) is 8.78 Å². The minimum absolute atomic E-state index is 0.0724. The zero-order valence-corrected chi connectivity index (χ0v) is 16.8. The molecule has 2 aliphatic carbocycles. The van der Waals surface area contributed by atoms with Gasteiger partial charge in [-0.2, -0.15) is 0 Å². The molecule has 2 aromatic rings. The Labute approximate surface area is 173 Å². The van der Waals surface area contributed by atoms with E-state index in [1.165, 1.54) is 18.2 Å². The third-order valence-electron chi connectivity index (χ3n) is 6.81. The average molecular weight is 424 g/mol. The molecule has 0 heterocycles. The van der Waals surface area contributed by atoms with Crippen molar-refractivity contribution < 1.29 is 26.7 Å². The van der Waals surface area contributed by atoms with Crippen LogP contribution in [0.25, 0.3) is 0 Å². The van der Waals surface area contributed by atoms with Crippen molar-refractivity contribution in [2.24, 2.45) is 11.8 Å². The van der Waals surface area contributed by atoms with E-state index in [1.54, 1.807) is 12.1 Å². The Morgan fingerprint density at radius 2 is 1.73 bits per heavy atom. The smallest absolute Gasteiger partial charge is 0.406 e. The summed E-state index contributed by atoms with van der Waals surface area (Å²) < 4.78 is 69.8. The van der Waals surface area contributed by atoms with Crippen molar-refractivity contribution in [3.05, 3.63) is 64.7 Å². The fourth-order valence-electron chi connectivity index (χ4n) is 5.79. The van der Waals surface area contributed by atoms with Crippen LogP contribution in [0.15, 0.2) is 36.4 Å². The monoisotopic (exact) mass is 424 g/mol. The highest BCUT2D eigenvalue weighted by Crippen LogP contribution is 2.55. The van der Waals surface area contributed by atoms with Gasteiger partial charge in [0.15, 0.2) is 0 Å². The number of alkyl halides is 3.